The Labute approximate surface area is 131 Å². The molecule has 0 aliphatic carbocycles. The molecule has 1 atom stereocenters. The normalized spacial score (nSPS) is 11.9. The summed E-state index contributed by atoms with van der Waals surface area (Å²) in [6.07, 6.45) is 1.54. The standard InChI is InChI=1S/C19H21NO2/c1-2-16(13-18(21)22)19(20)17-10-8-15(9-11-17)12-14-6-4-3-5-7-14/h3-11,16,20H,2,12-13H2,1H3,(H,21,22)/t16-/m0/s1. The van der Waals surface area contributed by atoms with Crippen LogP contribution in [0.2, 0.25) is 0 Å². The maximum atomic E-state index is 10.9. The zero-order valence-electron chi connectivity index (χ0n) is 12.8. The van der Waals surface area contributed by atoms with Crippen LogP contribution in [-0.2, 0) is 11.2 Å². The summed E-state index contributed by atoms with van der Waals surface area (Å²) in [5.74, 6) is -1.07. The summed E-state index contributed by atoms with van der Waals surface area (Å²) >= 11 is 0. The van der Waals surface area contributed by atoms with Crippen molar-refractivity contribution < 1.29 is 9.90 Å². The van der Waals surface area contributed by atoms with E-state index in [-0.39, 0.29) is 12.3 Å². The van der Waals surface area contributed by atoms with Gasteiger partial charge in [-0.3, -0.25) is 4.79 Å². The molecule has 0 saturated carbocycles. The third-order valence-electron chi connectivity index (χ3n) is 3.84. The molecule has 3 nitrogen and oxygen atoms in total. The second-order valence-corrected chi connectivity index (χ2v) is 5.48. The van der Waals surface area contributed by atoms with Gasteiger partial charge in [-0.05, 0) is 29.5 Å². The Morgan fingerprint density at radius 2 is 1.64 bits per heavy atom. The van der Waals surface area contributed by atoms with E-state index in [1.807, 2.05) is 49.4 Å². The topological polar surface area (TPSA) is 61.1 Å². The van der Waals surface area contributed by atoms with Gasteiger partial charge in [-0.15, -0.1) is 0 Å². The van der Waals surface area contributed by atoms with Crippen LogP contribution in [0, 0.1) is 11.3 Å². The summed E-state index contributed by atoms with van der Waals surface area (Å²) in [5.41, 5.74) is 3.66. The number of rotatable bonds is 7. The average Bonchev–Trinajstić information content (AvgIpc) is 2.53. The van der Waals surface area contributed by atoms with Gasteiger partial charge in [-0.25, -0.2) is 0 Å². The number of carbonyl (C=O) groups is 1. The first-order valence-electron chi connectivity index (χ1n) is 7.53. The third kappa shape index (κ3) is 4.29. The molecule has 2 N–H and O–H groups in total. The highest BCUT2D eigenvalue weighted by Crippen LogP contribution is 2.18. The molecule has 3 heteroatoms. The van der Waals surface area contributed by atoms with E-state index in [2.05, 4.69) is 12.1 Å². The number of carboxylic acids is 1. The van der Waals surface area contributed by atoms with E-state index in [1.54, 1.807) is 0 Å². The van der Waals surface area contributed by atoms with E-state index in [9.17, 15) is 4.79 Å². The van der Waals surface area contributed by atoms with Crippen molar-refractivity contribution in [3.05, 3.63) is 71.3 Å². The quantitative estimate of drug-likeness (QED) is 0.754. The van der Waals surface area contributed by atoms with Crippen LogP contribution in [0.5, 0.6) is 0 Å². The van der Waals surface area contributed by atoms with Crippen molar-refractivity contribution >= 4 is 11.7 Å². The van der Waals surface area contributed by atoms with Crippen molar-refractivity contribution in [1.82, 2.24) is 0 Å². The third-order valence-corrected chi connectivity index (χ3v) is 3.84. The smallest absolute Gasteiger partial charge is 0.304 e. The lowest BCUT2D eigenvalue weighted by Gasteiger charge is -2.14. The lowest BCUT2D eigenvalue weighted by atomic mass is 9.91. The Morgan fingerprint density at radius 3 is 2.18 bits per heavy atom. The fourth-order valence-corrected chi connectivity index (χ4v) is 2.53. The van der Waals surface area contributed by atoms with Gasteiger partial charge in [-0.2, -0.15) is 0 Å². The predicted molar refractivity (Wildman–Crippen MR) is 88.6 cm³/mol. The number of benzene rings is 2. The van der Waals surface area contributed by atoms with E-state index in [4.69, 9.17) is 10.5 Å². The lowest BCUT2D eigenvalue weighted by Crippen LogP contribution is -2.18. The van der Waals surface area contributed by atoms with Crippen molar-refractivity contribution in [2.24, 2.45) is 5.92 Å². The van der Waals surface area contributed by atoms with Crippen LogP contribution in [0.25, 0.3) is 0 Å². The van der Waals surface area contributed by atoms with E-state index < -0.39 is 5.97 Å². The molecule has 2 aromatic rings. The largest absolute Gasteiger partial charge is 0.481 e. The molecule has 0 aliphatic rings. The van der Waals surface area contributed by atoms with Crippen molar-refractivity contribution in [3.8, 4) is 0 Å². The Kier molecular flexibility index (Phi) is 5.48. The first kappa shape index (κ1) is 16.0. The summed E-state index contributed by atoms with van der Waals surface area (Å²) in [4.78, 5) is 10.9. The van der Waals surface area contributed by atoms with E-state index >= 15 is 0 Å². The maximum Gasteiger partial charge on any atom is 0.304 e. The maximum absolute atomic E-state index is 10.9. The fraction of sp³-hybridized carbons (Fsp3) is 0.263. The van der Waals surface area contributed by atoms with Crippen molar-refractivity contribution in [1.29, 1.82) is 5.41 Å². The van der Waals surface area contributed by atoms with Gasteiger partial charge in [0.1, 0.15) is 0 Å². The first-order valence-corrected chi connectivity index (χ1v) is 7.53. The molecule has 0 heterocycles. The SMILES string of the molecule is CC[C@@H](CC(=O)O)C(=N)c1ccc(Cc2ccccc2)cc1. The summed E-state index contributed by atoms with van der Waals surface area (Å²) in [6, 6.07) is 18.1. The van der Waals surface area contributed by atoms with E-state index in [1.165, 1.54) is 11.1 Å². The molecule has 2 aromatic carbocycles. The fourth-order valence-electron chi connectivity index (χ4n) is 2.53. The number of nitrogens with one attached hydrogen (secondary N) is 1. The molecule has 114 valence electrons. The zero-order valence-corrected chi connectivity index (χ0v) is 12.8. The molecule has 0 spiro atoms. The second-order valence-electron chi connectivity index (χ2n) is 5.48. The molecule has 2 rings (SSSR count). The second kappa shape index (κ2) is 7.55. The van der Waals surface area contributed by atoms with Crippen LogP contribution in [0.1, 0.15) is 36.5 Å². The minimum atomic E-state index is -0.850. The highest BCUT2D eigenvalue weighted by atomic mass is 16.4. The molecule has 0 saturated heterocycles. The Bertz CT molecular complexity index is 632. The molecule has 0 aliphatic heterocycles. The molecule has 0 aromatic heterocycles. The van der Waals surface area contributed by atoms with Gasteiger partial charge in [0, 0.05) is 11.6 Å². The van der Waals surface area contributed by atoms with Crippen LogP contribution >= 0.6 is 0 Å². The van der Waals surface area contributed by atoms with Crippen LogP contribution < -0.4 is 0 Å². The minimum absolute atomic E-state index is 0.0150. The number of aliphatic carboxylic acids is 1. The van der Waals surface area contributed by atoms with Crippen molar-refractivity contribution in [2.45, 2.75) is 26.2 Å². The van der Waals surface area contributed by atoms with Crippen LogP contribution in [0.3, 0.4) is 0 Å². The number of carboxylic acid groups (broad SMARTS) is 1. The van der Waals surface area contributed by atoms with Crippen molar-refractivity contribution in [3.63, 3.8) is 0 Å². The Balaban J connectivity index is 2.07. The minimum Gasteiger partial charge on any atom is -0.481 e. The summed E-state index contributed by atoms with van der Waals surface area (Å²) < 4.78 is 0. The van der Waals surface area contributed by atoms with Gasteiger partial charge in [0.2, 0.25) is 0 Å². The molecule has 0 bridgehead atoms. The van der Waals surface area contributed by atoms with Gasteiger partial charge in [0.15, 0.2) is 0 Å². The number of hydrogen-bond acceptors (Lipinski definition) is 2. The summed E-state index contributed by atoms with van der Waals surface area (Å²) in [5, 5.41) is 17.1. The van der Waals surface area contributed by atoms with Gasteiger partial charge < -0.3 is 10.5 Å². The molecule has 0 radical (unpaired) electrons. The monoisotopic (exact) mass is 295 g/mol. The molecular weight excluding hydrogens is 274 g/mol. The van der Waals surface area contributed by atoms with Crippen LogP contribution in [-0.4, -0.2) is 16.8 Å². The Hall–Kier alpha value is -2.42. The Morgan fingerprint density at radius 1 is 1.05 bits per heavy atom. The highest BCUT2D eigenvalue weighted by molar-refractivity contribution is 6.01. The molecule has 0 fully saturated rings. The predicted octanol–water partition coefficient (Wildman–Crippen LogP) is 4.15. The van der Waals surface area contributed by atoms with Crippen LogP contribution in [0.4, 0.5) is 0 Å². The summed E-state index contributed by atoms with van der Waals surface area (Å²) in [6.45, 7) is 1.92. The molecule has 0 unspecified atom stereocenters. The van der Waals surface area contributed by atoms with Gasteiger partial charge in [0.05, 0.1) is 6.42 Å². The zero-order chi connectivity index (χ0) is 15.9. The van der Waals surface area contributed by atoms with Crippen LogP contribution in [0.15, 0.2) is 54.6 Å². The number of hydrogen-bond donors (Lipinski definition) is 2. The van der Waals surface area contributed by atoms with Gasteiger partial charge in [-0.1, -0.05) is 61.5 Å². The first-order chi connectivity index (χ1) is 10.6. The highest BCUT2D eigenvalue weighted by Gasteiger charge is 2.17. The lowest BCUT2D eigenvalue weighted by molar-refractivity contribution is -0.137. The van der Waals surface area contributed by atoms with Gasteiger partial charge >= 0.3 is 5.97 Å². The average molecular weight is 295 g/mol. The summed E-state index contributed by atoms with van der Waals surface area (Å²) in [7, 11) is 0. The molecule has 22 heavy (non-hydrogen) atoms. The van der Waals surface area contributed by atoms with Gasteiger partial charge in [0.25, 0.3) is 0 Å². The van der Waals surface area contributed by atoms with E-state index in [0.717, 1.165) is 12.0 Å². The molecule has 0 amide bonds. The van der Waals surface area contributed by atoms with E-state index in [0.29, 0.717) is 12.1 Å². The van der Waals surface area contributed by atoms with Crippen molar-refractivity contribution in [2.75, 3.05) is 0 Å². The molecular formula is C19H21NO2.